The molecular formula is C23H21F3N2O3S. The van der Waals surface area contributed by atoms with Crippen LogP contribution in [0, 0.1) is 0 Å². The van der Waals surface area contributed by atoms with Crippen molar-refractivity contribution in [2.24, 2.45) is 0 Å². The summed E-state index contributed by atoms with van der Waals surface area (Å²) in [5.74, 6) is -1.40. The van der Waals surface area contributed by atoms with E-state index in [-0.39, 0.29) is 18.0 Å². The van der Waals surface area contributed by atoms with Crippen molar-refractivity contribution in [3.8, 4) is 0 Å². The second-order valence-electron chi connectivity index (χ2n) is 7.26. The van der Waals surface area contributed by atoms with E-state index in [0.29, 0.717) is 26.6 Å². The number of allylic oxidation sites excluding steroid dienone is 3. The van der Waals surface area contributed by atoms with Gasteiger partial charge in [0.2, 0.25) is 0 Å². The summed E-state index contributed by atoms with van der Waals surface area (Å²) in [7, 11) is 0. The minimum absolute atomic E-state index is 0.0334. The molecule has 0 spiro atoms. The highest BCUT2D eigenvalue weighted by molar-refractivity contribution is 7.14. The number of carbonyl (C=O) groups is 2. The van der Waals surface area contributed by atoms with E-state index < -0.39 is 23.8 Å². The molecule has 1 aliphatic heterocycles. The fraction of sp³-hybridized carbons (Fsp3) is 0.261. The van der Waals surface area contributed by atoms with Gasteiger partial charge in [0.15, 0.2) is 5.78 Å². The zero-order chi connectivity index (χ0) is 23.6. The highest BCUT2D eigenvalue weighted by atomic mass is 32.1. The van der Waals surface area contributed by atoms with Gasteiger partial charge in [0.05, 0.1) is 16.5 Å². The molecule has 3 rings (SSSR count). The molecule has 1 aromatic heterocycles. The van der Waals surface area contributed by atoms with Gasteiger partial charge >= 0.3 is 12.1 Å². The molecular weight excluding hydrogens is 441 g/mol. The summed E-state index contributed by atoms with van der Waals surface area (Å²) in [6, 6.07) is 4.40. The van der Waals surface area contributed by atoms with Gasteiger partial charge in [-0.15, -0.1) is 11.3 Å². The lowest BCUT2D eigenvalue weighted by molar-refractivity contribution is -0.138. The van der Waals surface area contributed by atoms with Crippen LogP contribution in [0.25, 0.3) is 5.57 Å². The van der Waals surface area contributed by atoms with E-state index in [2.05, 4.69) is 4.98 Å². The molecule has 1 atom stereocenters. The quantitative estimate of drug-likeness (QED) is 0.569. The molecule has 1 aliphatic rings. The molecule has 0 saturated heterocycles. The van der Waals surface area contributed by atoms with Crippen molar-refractivity contribution in [2.45, 2.75) is 39.5 Å². The third-order valence-corrected chi connectivity index (χ3v) is 6.19. The molecule has 2 aromatic rings. The van der Waals surface area contributed by atoms with Crippen molar-refractivity contribution < 1.29 is 27.9 Å². The molecule has 0 bridgehead atoms. The highest BCUT2D eigenvalue weighted by Crippen LogP contribution is 2.42. The summed E-state index contributed by atoms with van der Waals surface area (Å²) in [5, 5.41) is 10.4. The number of carboxylic acids is 1. The molecule has 1 N–H and O–H groups in total. The average Bonchev–Trinajstić information content (AvgIpc) is 3.30. The monoisotopic (exact) mass is 462 g/mol. The summed E-state index contributed by atoms with van der Waals surface area (Å²) < 4.78 is 39.4. The van der Waals surface area contributed by atoms with Gasteiger partial charge in [-0.05, 0) is 37.1 Å². The third-order valence-electron chi connectivity index (χ3n) is 5.07. The van der Waals surface area contributed by atoms with Crippen LogP contribution < -0.4 is 0 Å². The first-order valence-corrected chi connectivity index (χ1v) is 10.6. The third kappa shape index (κ3) is 4.67. The van der Waals surface area contributed by atoms with E-state index in [1.807, 2.05) is 6.92 Å². The smallest absolute Gasteiger partial charge is 0.416 e. The fourth-order valence-electron chi connectivity index (χ4n) is 3.54. The predicted octanol–water partition coefficient (Wildman–Crippen LogP) is 5.57. The number of aromatic nitrogens is 1. The number of thiazole rings is 1. The van der Waals surface area contributed by atoms with Gasteiger partial charge in [-0.2, -0.15) is 13.2 Å². The lowest BCUT2D eigenvalue weighted by atomic mass is 10.0. The first kappa shape index (κ1) is 23.5. The number of hydrogen-bond donors (Lipinski definition) is 1. The molecule has 0 radical (unpaired) electrons. The lowest BCUT2D eigenvalue weighted by Crippen LogP contribution is -2.31. The van der Waals surface area contributed by atoms with Crippen molar-refractivity contribution in [2.75, 3.05) is 0 Å². The molecule has 5 nitrogen and oxygen atoms in total. The van der Waals surface area contributed by atoms with Crippen LogP contribution in [0.5, 0.6) is 0 Å². The molecule has 0 fully saturated rings. The second-order valence-corrected chi connectivity index (χ2v) is 8.30. The number of hydrogen-bond acceptors (Lipinski definition) is 5. The topological polar surface area (TPSA) is 70.5 Å². The van der Waals surface area contributed by atoms with Crippen LogP contribution in [-0.4, -0.2) is 32.8 Å². The van der Waals surface area contributed by atoms with Crippen LogP contribution in [0.15, 0.2) is 60.0 Å². The zero-order valence-corrected chi connectivity index (χ0v) is 18.4. The summed E-state index contributed by atoms with van der Waals surface area (Å²) >= 11 is 1.09. The standard InChI is InChI=1S/C23H21F3N2O3S/c1-4-5-9-17-13(2)28(12-15-7-6-8-16(10-15)23(24,25)26)20(22(30)31)19(17)21-27-11-18(32-21)14(3)29/h4-11,13H,12H2,1-3H3,(H,30,31)/b5-4-,17-9+. The maximum absolute atomic E-state index is 13.1. The van der Waals surface area contributed by atoms with Crippen LogP contribution >= 0.6 is 11.3 Å². The normalized spacial score (nSPS) is 18.2. The molecule has 32 heavy (non-hydrogen) atoms. The first-order chi connectivity index (χ1) is 15.0. The molecule has 2 heterocycles. The summed E-state index contributed by atoms with van der Waals surface area (Å²) in [6.07, 6.45) is 2.23. The number of Topliss-reactive ketones (excluding diaryl/α,β-unsaturated/α-hetero) is 1. The maximum Gasteiger partial charge on any atom is 0.416 e. The van der Waals surface area contributed by atoms with Crippen LogP contribution in [0.3, 0.4) is 0 Å². The average molecular weight is 462 g/mol. The van der Waals surface area contributed by atoms with Crippen molar-refractivity contribution in [3.63, 3.8) is 0 Å². The van der Waals surface area contributed by atoms with Crippen molar-refractivity contribution in [1.29, 1.82) is 0 Å². The predicted molar refractivity (Wildman–Crippen MR) is 116 cm³/mol. The van der Waals surface area contributed by atoms with Crippen LogP contribution in [0.4, 0.5) is 13.2 Å². The molecule has 0 amide bonds. The minimum Gasteiger partial charge on any atom is -0.477 e. The Balaban J connectivity index is 2.14. The molecule has 1 aromatic carbocycles. The lowest BCUT2D eigenvalue weighted by Gasteiger charge is -2.26. The van der Waals surface area contributed by atoms with Crippen LogP contribution in [0.1, 0.15) is 46.6 Å². The Morgan fingerprint density at radius 3 is 2.59 bits per heavy atom. The van der Waals surface area contributed by atoms with Crippen molar-refractivity contribution in [1.82, 2.24) is 9.88 Å². The van der Waals surface area contributed by atoms with E-state index >= 15 is 0 Å². The number of nitrogens with zero attached hydrogens (tertiary/aromatic N) is 2. The Hall–Kier alpha value is -3.20. The van der Waals surface area contributed by atoms with Crippen molar-refractivity contribution >= 4 is 28.7 Å². The number of carbonyl (C=O) groups excluding carboxylic acids is 1. The Bertz CT molecular complexity index is 1150. The fourth-order valence-corrected chi connectivity index (χ4v) is 4.42. The molecule has 9 heteroatoms. The van der Waals surface area contributed by atoms with Crippen LogP contribution in [-0.2, 0) is 17.5 Å². The number of ketones is 1. The summed E-state index contributed by atoms with van der Waals surface area (Å²) in [5.41, 5.74) is 0.513. The van der Waals surface area contributed by atoms with Gasteiger partial charge in [0.25, 0.3) is 0 Å². The Morgan fingerprint density at radius 2 is 2.03 bits per heavy atom. The van der Waals surface area contributed by atoms with E-state index in [0.717, 1.165) is 23.5 Å². The molecule has 0 aliphatic carbocycles. The summed E-state index contributed by atoms with van der Waals surface area (Å²) in [4.78, 5) is 30.3. The second kappa shape index (κ2) is 9.12. The van der Waals surface area contributed by atoms with Gasteiger partial charge in [-0.25, -0.2) is 9.78 Å². The largest absolute Gasteiger partial charge is 0.477 e. The zero-order valence-electron chi connectivity index (χ0n) is 17.6. The number of alkyl halides is 3. The molecule has 168 valence electrons. The van der Waals surface area contributed by atoms with Gasteiger partial charge in [0.1, 0.15) is 10.7 Å². The van der Waals surface area contributed by atoms with E-state index in [1.165, 1.54) is 25.3 Å². The Morgan fingerprint density at radius 1 is 1.31 bits per heavy atom. The number of rotatable bonds is 6. The van der Waals surface area contributed by atoms with E-state index in [1.54, 1.807) is 30.1 Å². The van der Waals surface area contributed by atoms with Gasteiger partial charge < -0.3 is 10.0 Å². The number of benzene rings is 1. The first-order valence-electron chi connectivity index (χ1n) is 9.75. The highest BCUT2D eigenvalue weighted by Gasteiger charge is 2.39. The maximum atomic E-state index is 13.1. The van der Waals surface area contributed by atoms with Crippen LogP contribution in [0.2, 0.25) is 0 Å². The number of aliphatic carboxylic acids is 1. The minimum atomic E-state index is -4.50. The molecule has 0 saturated carbocycles. The van der Waals surface area contributed by atoms with Gasteiger partial charge in [-0.1, -0.05) is 30.4 Å². The van der Waals surface area contributed by atoms with E-state index in [9.17, 15) is 27.9 Å². The van der Waals surface area contributed by atoms with Crippen molar-refractivity contribution in [3.05, 3.63) is 81.0 Å². The van der Waals surface area contributed by atoms with E-state index in [4.69, 9.17) is 0 Å². The molecule has 1 unspecified atom stereocenters. The van der Waals surface area contributed by atoms with Gasteiger partial charge in [0, 0.05) is 25.2 Å². The Labute approximate surface area is 187 Å². The Kier molecular flexibility index (Phi) is 6.68. The summed E-state index contributed by atoms with van der Waals surface area (Å²) in [6.45, 7) is 4.97. The van der Waals surface area contributed by atoms with Gasteiger partial charge in [-0.3, -0.25) is 4.79 Å². The number of carboxylic acid groups (broad SMARTS) is 1. The number of halogens is 3. The SMILES string of the molecule is C/C=C\C=C1\C(c2ncc(C(C)=O)s2)=C(C(=O)O)N(Cc2cccc(C(F)(F)F)c2)C1C.